The van der Waals surface area contributed by atoms with Gasteiger partial charge in [0.25, 0.3) is 0 Å². The first-order chi connectivity index (χ1) is 8.71. The van der Waals surface area contributed by atoms with E-state index in [-0.39, 0.29) is 0 Å². The Morgan fingerprint density at radius 3 is 3.00 bits per heavy atom. The minimum atomic E-state index is 0.321. The Kier molecular flexibility index (Phi) is 4.73. The van der Waals surface area contributed by atoms with E-state index in [1.54, 1.807) is 0 Å². The van der Waals surface area contributed by atoms with Crippen LogP contribution in [0.2, 0.25) is 0 Å². The zero-order valence-corrected chi connectivity index (χ0v) is 12.6. The molecule has 0 aliphatic carbocycles. The molecule has 0 radical (unpaired) electrons. The zero-order valence-electron chi connectivity index (χ0n) is 11.8. The van der Waals surface area contributed by atoms with Crippen molar-refractivity contribution < 1.29 is 0 Å². The van der Waals surface area contributed by atoms with Crippen molar-refractivity contribution in [3.63, 3.8) is 0 Å². The van der Waals surface area contributed by atoms with E-state index in [4.69, 9.17) is 0 Å². The highest BCUT2D eigenvalue weighted by molar-refractivity contribution is 8.00. The van der Waals surface area contributed by atoms with E-state index in [1.807, 2.05) is 6.20 Å². The van der Waals surface area contributed by atoms with Gasteiger partial charge >= 0.3 is 0 Å². The molecule has 0 bridgehead atoms. The molecule has 1 aromatic heterocycles. The summed E-state index contributed by atoms with van der Waals surface area (Å²) in [6.07, 6.45) is 5.72. The molecule has 1 N–H and O–H groups in total. The SMILES string of the molecule is CCCn1nccc1C(NCC)C1(C)CCCS1. The predicted molar refractivity (Wildman–Crippen MR) is 79.0 cm³/mol. The molecule has 1 fully saturated rings. The number of thioether (sulfide) groups is 1. The van der Waals surface area contributed by atoms with Crippen molar-refractivity contribution in [2.45, 2.75) is 57.4 Å². The molecule has 1 aliphatic rings. The van der Waals surface area contributed by atoms with E-state index >= 15 is 0 Å². The van der Waals surface area contributed by atoms with Crippen LogP contribution in [0, 0.1) is 0 Å². The van der Waals surface area contributed by atoms with Crippen LogP contribution in [0.5, 0.6) is 0 Å². The van der Waals surface area contributed by atoms with Gasteiger partial charge < -0.3 is 5.32 Å². The van der Waals surface area contributed by atoms with Gasteiger partial charge in [-0.3, -0.25) is 4.68 Å². The molecule has 0 saturated carbocycles. The quantitative estimate of drug-likeness (QED) is 0.858. The summed E-state index contributed by atoms with van der Waals surface area (Å²) in [5.41, 5.74) is 1.36. The lowest BCUT2D eigenvalue weighted by atomic mass is 9.93. The molecule has 4 heteroatoms. The van der Waals surface area contributed by atoms with E-state index in [9.17, 15) is 0 Å². The molecule has 2 atom stereocenters. The highest BCUT2D eigenvalue weighted by Crippen LogP contribution is 2.46. The average Bonchev–Trinajstić information content (AvgIpc) is 2.97. The Balaban J connectivity index is 2.25. The number of hydrogen-bond donors (Lipinski definition) is 1. The molecular weight excluding hydrogens is 242 g/mol. The Morgan fingerprint density at radius 1 is 1.56 bits per heavy atom. The number of rotatable bonds is 6. The van der Waals surface area contributed by atoms with Gasteiger partial charge in [-0.2, -0.15) is 16.9 Å². The van der Waals surface area contributed by atoms with Crippen molar-refractivity contribution in [2.24, 2.45) is 0 Å². The highest BCUT2D eigenvalue weighted by atomic mass is 32.2. The summed E-state index contributed by atoms with van der Waals surface area (Å²) in [6, 6.07) is 2.61. The fourth-order valence-corrected chi connectivity index (χ4v) is 4.27. The van der Waals surface area contributed by atoms with Gasteiger partial charge in [0.1, 0.15) is 0 Å². The standard InChI is InChI=1S/C14H25N3S/c1-4-10-17-12(7-9-16-17)13(15-5-2)14(3)8-6-11-18-14/h7,9,13,15H,4-6,8,10-11H2,1-3H3. The molecule has 2 rings (SSSR count). The Bertz CT molecular complexity index is 369. The second kappa shape index (κ2) is 6.11. The molecule has 0 aromatic carbocycles. The lowest BCUT2D eigenvalue weighted by molar-refractivity contribution is 0.390. The number of nitrogens with one attached hydrogen (secondary N) is 1. The lowest BCUT2D eigenvalue weighted by Crippen LogP contribution is -2.39. The van der Waals surface area contributed by atoms with E-state index in [0.717, 1.165) is 19.5 Å². The molecule has 1 aliphatic heterocycles. The smallest absolute Gasteiger partial charge is 0.0638 e. The first kappa shape index (κ1) is 13.9. The van der Waals surface area contributed by atoms with Crippen molar-refractivity contribution >= 4 is 11.8 Å². The average molecular weight is 267 g/mol. The van der Waals surface area contributed by atoms with Crippen LogP contribution < -0.4 is 5.32 Å². The second-order valence-corrected chi connectivity index (χ2v) is 6.86. The summed E-state index contributed by atoms with van der Waals surface area (Å²) in [5, 5.41) is 8.16. The maximum Gasteiger partial charge on any atom is 0.0638 e. The molecule has 0 spiro atoms. The summed E-state index contributed by atoms with van der Waals surface area (Å²) >= 11 is 2.11. The first-order valence-electron chi connectivity index (χ1n) is 7.10. The first-order valence-corrected chi connectivity index (χ1v) is 8.09. The Morgan fingerprint density at radius 2 is 2.39 bits per heavy atom. The fraction of sp³-hybridized carbons (Fsp3) is 0.786. The summed E-state index contributed by atoms with van der Waals surface area (Å²) in [4.78, 5) is 0. The maximum absolute atomic E-state index is 4.48. The van der Waals surface area contributed by atoms with Crippen LogP contribution in [0.15, 0.2) is 12.3 Å². The van der Waals surface area contributed by atoms with Crippen LogP contribution in [0.4, 0.5) is 0 Å². The van der Waals surface area contributed by atoms with Gasteiger partial charge in [-0.1, -0.05) is 13.8 Å². The lowest BCUT2D eigenvalue weighted by Gasteiger charge is -2.34. The van der Waals surface area contributed by atoms with E-state index < -0.39 is 0 Å². The van der Waals surface area contributed by atoms with Crippen LogP contribution in [-0.2, 0) is 6.54 Å². The molecule has 0 amide bonds. The van der Waals surface area contributed by atoms with Crippen LogP contribution in [0.25, 0.3) is 0 Å². The highest BCUT2D eigenvalue weighted by Gasteiger charge is 2.39. The Labute approximate surface area is 115 Å². The third-order valence-corrected chi connectivity index (χ3v) is 5.34. The van der Waals surface area contributed by atoms with Crippen LogP contribution >= 0.6 is 11.8 Å². The van der Waals surface area contributed by atoms with Gasteiger partial charge in [-0.25, -0.2) is 0 Å². The zero-order chi connectivity index (χ0) is 13.0. The fourth-order valence-electron chi connectivity index (χ4n) is 2.85. The molecule has 2 heterocycles. The maximum atomic E-state index is 4.48. The second-order valence-electron chi connectivity index (χ2n) is 5.23. The van der Waals surface area contributed by atoms with Gasteiger partial charge in [0.15, 0.2) is 0 Å². The number of aromatic nitrogens is 2. The van der Waals surface area contributed by atoms with Crippen molar-refractivity contribution in [3.05, 3.63) is 18.0 Å². The normalized spacial score (nSPS) is 25.5. The summed E-state index contributed by atoms with van der Waals surface area (Å²) < 4.78 is 2.50. The largest absolute Gasteiger partial charge is 0.308 e. The number of aryl methyl sites for hydroxylation is 1. The minimum Gasteiger partial charge on any atom is -0.308 e. The summed E-state index contributed by atoms with van der Waals surface area (Å²) in [6.45, 7) is 8.83. The molecular formula is C14H25N3S. The van der Waals surface area contributed by atoms with Gasteiger partial charge in [-0.05, 0) is 44.6 Å². The number of nitrogens with zero attached hydrogens (tertiary/aromatic N) is 2. The summed E-state index contributed by atoms with van der Waals surface area (Å²) in [5.74, 6) is 1.29. The van der Waals surface area contributed by atoms with Crippen molar-refractivity contribution in [1.29, 1.82) is 0 Å². The van der Waals surface area contributed by atoms with Gasteiger partial charge in [-0.15, -0.1) is 0 Å². The van der Waals surface area contributed by atoms with Crippen molar-refractivity contribution in [2.75, 3.05) is 12.3 Å². The molecule has 18 heavy (non-hydrogen) atoms. The van der Waals surface area contributed by atoms with Gasteiger partial charge in [0.05, 0.1) is 11.7 Å². The van der Waals surface area contributed by atoms with Crippen molar-refractivity contribution in [1.82, 2.24) is 15.1 Å². The van der Waals surface area contributed by atoms with Crippen LogP contribution in [0.1, 0.15) is 51.8 Å². The molecule has 3 nitrogen and oxygen atoms in total. The predicted octanol–water partition coefficient (Wildman–Crippen LogP) is 3.23. The van der Waals surface area contributed by atoms with E-state index in [2.05, 4.69) is 53.7 Å². The van der Waals surface area contributed by atoms with Gasteiger partial charge in [0.2, 0.25) is 0 Å². The topological polar surface area (TPSA) is 29.9 Å². The third kappa shape index (κ3) is 2.75. The summed E-state index contributed by atoms with van der Waals surface area (Å²) in [7, 11) is 0. The molecule has 102 valence electrons. The van der Waals surface area contributed by atoms with Gasteiger partial charge in [0, 0.05) is 17.5 Å². The number of hydrogen-bond acceptors (Lipinski definition) is 3. The monoisotopic (exact) mass is 267 g/mol. The van der Waals surface area contributed by atoms with E-state index in [0.29, 0.717) is 10.8 Å². The van der Waals surface area contributed by atoms with Crippen LogP contribution in [0.3, 0.4) is 0 Å². The molecule has 2 unspecified atom stereocenters. The molecule has 1 aromatic rings. The van der Waals surface area contributed by atoms with E-state index in [1.165, 1.54) is 24.3 Å². The Hall–Kier alpha value is -0.480. The molecule has 1 saturated heterocycles. The third-order valence-electron chi connectivity index (χ3n) is 3.75. The van der Waals surface area contributed by atoms with Crippen molar-refractivity contribution in [3.8, 4) is 0 Å². The minimum absolute atomic E-state index is 0.321. The van der Waals surface area contributed by atoms with Crippen LogP contribution in [-0.4, -0.2) is 26.8 Å².